The van der Waals surface area contributed by atoms with Crippen LogP contribution in [-0.2, 0) is 0 Å². The average Bonchev–Trinajstić information content (AvgIpc) is 3.27. The molecular weight excluding hydrogens is 314 g/mol. The van der Waals surface area contributed by atoms with Crippen LogP contribution < -0.4 is 5.32 Å². The van der Waals surface area contributed by atoms with Gasteiger partial charge in [0.15, 0.2) is 5.65 Å². The lowest BCUT2D eigenvalue weighted by Gasteiger charge is -2.28. The van der Waals surface area contributed by atoms with Crippen molar-refractivity contribution in [2.75, 3.05) is 19.6 Å². The Labute approximate surface area is 149 Å². The zero-order chi connectivity index (χ0) is 18.0. The number of pyridine rings is 1. The van der Waals surface area contributed by atoms with Gasteiger partial charge >= 0.3 is 0 Å². The number of aromatic nitrogens is 3. The predicted molar refractivity (Wildman–Crippen MR) is 99.9 cm³/mol. The normalized spacial score (nSPS) is 18.6. The van der Waals surface area contributed by atoms with Crippen molar-refractivity contribution in [3.8, 4) is 0 Å². The first-order chi connectivity index (χ1) is 12.1. The number of rotatable bonds is 6. The zero-order valence-corrected chi connectivity index (χ0v) is 15.7. The first-order valence-electron chi connectivity index (χ1n) is 9.43. The Kier molecular flexibility index (Phi) is 5.37. The quantitative estimate of drug-likeness (QED) is 0.876. The van der Waals surface area contributed by atoms with Crippen molar-refractivity contribution in [1.82, 2.24) is 25.0 Å². The molecule has 1 saturated heterocycles. The number of carbonyl (C=O) groups is 1. The van der Waals surface area contributed by atoms with Gasteiger partial charge in [0.1, 0.15) is 0 Å². The Morgan fingerprint density at radius 3 is 2.92 bits per heavy atom. The van der Waals surface area contributed by atoms with Crippen molar-refractivity contribution < 1.29 is 4.79 Å². The molecule has 0 bridgehead atoms. The monoisotopic (exact) mass is 343 g/mol. The summed E-state index contributed by atoms with van der Waals surface area (Å²) in [5.41, 5.74) is 2.41. The van der Waals surface area contributed by atoms with Gasteiger partial charge in [-0.1, -0.05) is 13.8 Å². The second-order valence-corrected chi connectivity index (χ2v) is 7.04. The lowest BCUT2D eigenvalue weighted by molar-refractivity contribution is 0.0694. The maximum absolute atomic E-state index is 13.4. The van der Waals surface area contributed by atoms with Gasteiger partial charge in [0.05, 0.1) is 23.2 Å². The molecule has 1 aliphatic rings. The molecule has 0 spiro atoms. The molecule has 3 rings (SSSR count). The molecule has 1 amide bonds. The van der Waals surface area contributed by atoms with E-state index in [4.69, 9.17) is 0 Å². The highest BCUT2D eigenvalue weighted by molar-refractivity contribution is 6.05. The summed E-state index contributed by atoms with van der Waals surface area (Å²) in [5.74, 6) is 0.106. The van der Waals surface area contributed by atoms with E-state index in [9.17, 15) is 4.79 Å². The van der Waals surface area contributed by atoms with E-state index in [1.165, 1.54) is 0 Å². The highest BCUT2D eigenvalue weighted by Gasteiger charge is 2.28. The van der Waals surface area contributed by atoms with Crippen molar-refractivity contribution in [1.29, 1.82) is 0 Å². The first kappa shape index (κ1) is 17.9. The maximum Gasteiger partial charge on any atom is 0.255 e. The maximum atomic E-state index is 13.4. The van der Waals surface area contributed by atoms with E-state index in [-0.39, 0.29) is 18.0 Å². The van der Waals surface area contributed by atoms with Crippen LogP contribution in [0, 0.1) is 6.92 Å². The second-order valence-electron chi connectivity index (χ2n) is 7.04. The van der Waals surface area contributed by atoms with Gasteiger partial charge in [-0.25, -0.2) is 9.67 Å². The van der Waals surface area contributed by atoms with Crippen LogP contribution >= 0.6 is 0 Å². The van der Waals surface area contributed by atoms with Crippen LogP contribution in [0.2, 0.25) is 0 Å². The molecule has 0 radical (unpaired) electrons. The van der Waals surface area contributed by atoms with E-state index in [0.717, 1.165) is 61.2 Å². The first-order valence-corrected chi connectivity index (χ1v) is 9.43. The average molecular weight is 343 g/mol. The lowest BCUT2D eigenvalue weighted by atomic mass is 10.1. The summed E-state index contributed by atoms with van der Waals surface area (Å²) < 4.78 is 1.94. The molecule has 136 valence electrons. The molecule has 0 saturated carbocycles. The zero-order valence-electron chi connectivity index (χ0n) is 15.7. The van der Waals surface area contributed by atoms with E-state index >= 15 is 0 Å². The number of fused-ring (bicyclic) bond motifs is 1. The third-order valence-electron chi connectivity index (χ3n) is 5.13. The number of hydrogen-bond acceptors (Lipinski definition) is 4. The SMILES string of the molecule is CCCN(C(=O)c1cc(C)nc2c1cnn2C(C)CC)C1CCNC1. The number of nitrogens with zero attached hydrogens (tertiary/aromatic N) is 4. The molecule has 0 aliphatic carbocycles. The van der Waals surface area contributed by atoms with Gasteiger partial charge in [-0.15, -0.1) is 0 Å². The Hall–Kier alpha value is -1.95. The summed E-state index contributed by atoms with van der Waals surface area (Å²) in [6.07, 6.45) is 4.76. The van der Waals surface area contributed by atoms with Gasteiger partial charge in [-0.2, -0.15) is 5.10 Å². The summed E-state index contributed by atoms with van der Waals surface area (Å²) >= 11 is 0. The van der Waals surface area contributed by atoms with E-state index < -0.39 is 0 Å². The van der Waals surface area contributed by atoms with Crippen molar-refractivity contribution in [2.24, 2.45) is 0 Å². The molecule has 2 unspecified atom stereocenters. The minimum absolute atomic E-state index is 0.106. The fourth-order valence-electron chi connectivity index (χ4n) is 3.57. The van der Waals surface area contributed by atoms with Crippen LogP contribution in [0.4, 0.5) is 0 Å². The van der Waals surface area contributed by atoms with Crippen LogP contribution in [0.15, 0.2) is 12.3 Å². The van der Waals surface area contributed by atoms with Gasteiger partial charge < -0.3 is 10.2 Å². The minimum Gasteiger partial charge on any atom is -0.334 e. The highest BCUT2D eigenvalue weighted by Crippen LogP contribution is 2.24. The van der Waals surface area contributed by atoms with Gasteiger partial charge in [0, 0.05) is 24.8 Å². The van der Waals surface area contributed by atoms with Crippen molar-refractivity contribution in [2.45, 2.75) is 59.0 Å². The third kappa shape index (κ3) is 3.40. The smallest absolute Gasteiger partial charge is 0.255 e. The van der Waals surface area contributed by atoms with Crippen LogP contribution in [0.5, 0.6) is 0 Å². The highest BCUT2D eigenvalue weighted by atomic mass is 16.2. The molecule has 0 aromatic carbocycles. The number of amides is 1. The summed E-state index contributed by atoms with van der Waals surface area (Å²) in [5, 5.41) is 8.76. The number of nitrogens with one attached hydrogen (secondary N) is 1. The van der Waals surface area contributed by atoms with Crippen LogP contribution in [0.25, 0.3) is 11.0 Å². The number of aryl methyl sites for hydroxylation is 1. The fraction of sp³-hybridized carbons (Fsp3) is 0.632. The van der Waals surface area contributed by atoms with Gasteiger partial charge in [0.25, 0.3) is 5.91 Å². The lowest BCUT2D eigenvalue weighted by Crippen LogP contribution is -2.42. The Balaban J connectivity index is 2.04. The van der Waals surface area contributed by atoms with Gasteiger partial charge in [-0.3, -0.25) is 4.79 Å². The molecule has 2 atom stereocenters. The van der Waals surface area contributed by atoms with E-state index in [0.29, 0.717) is 0 Å². The molecule has 6 nitrogen and oxygen atoms in total. The predicted octanol–water partition coefficient (Wildman–Crippen LogP) is 2.92. The summed E-state index contributed by atoms with van der Waals surface area (Å²) in [7, 11) is 0. The van der Waals surface area contributed by atoms with E-state index in [1.54, 1.807) is 6.20 Å². The van der Waals surface area contributed by atoms with Crippen molar-refractivity contribution in [3.63, 3.8) is 0 Å². The molecule has 3 heterocycles. The fourth-order valence-corrected chi connectivity index (χ4v) is 3.57. The molecule has 6 heteroatoms. The molecule has 25 heavy (non-hydrogen) atoms. The standard InChI is InChI=1S/C19H29N5O/c1-5-9-23(15-7-8-20-11-15)19(25)16-10-13(3)22-18-17(16)12-21-24(18)14(4)6-2/h10,12,14-15,20H,5-9,11H2,1-4H3. The van der Waals surface area contributed by atoms with Crippen LogP contribution in [0.3, 0.4) is 0 Å². The molecule has 2 aromatic heterocycles. The Morgan fingerprint density at radius 2 is 2.28 bits per heavy atom. The van der Waals surface area contributed by atoms with Gasteiger partial charge in [0.2, 0.25) is 0 Å². The molecule has 2 aromatic rings. The Bertz CT molecular complexity index is 748. The van der Waals surface area contributed by atoms with Crippen LogP contribution in [0.1, 0.15) is 62.1 Å². The van der Waals surface area contributed by atoms with Crippen molar-refractivity contribution in [3.05, 3.63) is 23.5 Å². The Morgan fingerprint density at radius 1 is 1.48 bits per heavy atom. The number of carbonyl (C=O) groups excluding carboxylic acids is 1. The summed E-state index contributed by atoms with van der Waals surface area (Å²) in [6.45, 7) is 11.0. The van der Waals surface area contributed by atoms with Crippen molar-refractivity contribution >= 4 is 16.9 Å². The topological polar surface area (TPSA) is 63.1 Å². The third-order valence-corrected chi connectivity index (χ3v) is 5.13. The molecule has 1 N–H and O–H groups in total. The molecule has 1 fully saturated rings. The number of hydrogen-bond donors (Lipinski definition) is 1. The molecule has 1 aliphatic heterocycles. The van der Waals surface area contributed by atoms with Crippen LogP contribution in [-0.4, -0.2) is 51.2 Å². The second kappa shape index (κ2) is 7.52. The largest absolute Gasteiger partial charge is 0.334 e. The van der Waals surface area contributed by atoms with Gasteiger partial charge in [-0.05, 0) is 45.7 Å². The van der Waals surface area contributed by atoms with E-state index in [2.05, 4.69) is 36.2 Å². The minimum atomic E-state index is 0.106. The summed E-state index contributed by atoms with van der Waals surface area (Å²) in [4.78, 5) is 20.1. The summed E-state index contributed by atoms with van der Waals surface area (Å²) in [6, 6.07) is 2.46. The molecular formula is C19H29N5O. The van der Waals surface area contributed by atoms with E-state index in [1.807, 2.05) is 22.6 Å².